The number of nitrogens with one attached hydrogen (secondary N) is 5. The molecule has 40 heavy (non-hydrogen) atoms. The fourth-order valence-corrected chi connectivity index (χ4v) is 4.87. The number of rotatable bonds is 5. The van der Waals surface area contributed by atoms with Crippen LogP contribution < -0.4 is 26.6 Å². The molecule has 3 heterocycles. The second kappa shape index (κ2) is 14.0. The first-order valence-electron chi connectivity index (χ1n) is 13.7. The summed E-state index contributed by atoms with van der Waals surface area (Å²) in [6.07, 6.45) is 3.18. The van der Waals surface area contributed by atoms with E-state index in [-0.39, 0.29) is 49.3 Å². The van der Waals surface area contributed by atoms with Crippen molar-refractivity contribution in [3.8, 4) is 0 Å². The molecule has 1 fully saturated rings. The number of aromatic nitrogens is 1. The highest BCUT2D eigenvalue weighted by Crippen LogP contribution is 2.24. The summed E-state index contributed by atoms with van der Waals surface area (Å²) in [5.41, 5.74) is -0.0448. The predicted molar refractivity (Wildman–Crippen MR) is 142 cm³/mol. The second-order valence-electron chi connectivity index (χ2n) is 10.4. The van der Waals surface area contributed by atoms with Crippen LogP contribution in [0.4, 0.5) is 0 Å². The van der Waals surface area contributed by atoms with Gasteiger partial charge in [-0.2, -0.15) is 0 Å². The first-order valence-corrected chi connectivity index (χ1v) is 13.7. The average Bonchev–Trinajstić information content (AvgIpc) is 3.58. The highest BCUT2D eigenvalue weighted by Gasteiger charge is 2.41. The number of carbonyl (C=O) groups is 6. The third kappa shape index (κ3) is 7.43. The van der Waals surface area contributed by atoms with E-state index in [1.54, 1.807) is 13.8 Å². The zero-order valence-electron chi connectivity index (χ0n) is 23.3. The molecule has 0 saturated carbocycles. The molecular weight excluding hydrogens is 522 g/mol. The van der Waals surface area contributed by atoms with Crippen LogP contribution in [-0.2, 0) is 24.0 Å². The third-order valence-electron chi connectivity index (χ3n) is 7.16. The summed E-state index contributed by atoms with van der Waals surface area (Å²) in [6, 6.07) is -4.23. The molecule has 0 radical (unpaired) electrons. The fraction of sp³-hybridized carbons (Fsp3) is 0.654. The van der Waals surface area contributed by atoms with E-state index in [0.29, 0.717) is 25.7 Å². The summed E-state index contributed by atoms with van der Waals surface area (Å²) in [6.45, 7) is 7.15. The number of Topliss-reactive ketones (excluding diaryl/α,β-unsaturated/α-hetero) is 1. The maximum atomic E-state index is 13.5. The summed E-state index contributed by atoms with van der Waals surface area (Å²) in [5, 5.41) is 13.5. The van der Waals surface area contributed by atoms with E-state index in [9.17, 15) is 28.8 Å². The van der Waals surface area contributed by atoms with Crippen molar-refractivity contribution in [1.29, 1.82) is 0 Å². The number of fused-ring (bicyclic) bond motifs is 3. The number of hydrogen-bond donors (Lipinski definition) is 5. The minimum absolute atomic E-state index is 0.000750. The average molecular weight is 562 g/mol. The molecular formula is C26H39N7O7. The van der Waals surface area contributed by atoms with Crippen molar-refractivity contribution in [3.63, 3.8) is 0 Å². The normalized spacial score (nSPS) is 29.2. The predicted octanol–water partition coefficient (Wildman–Crippen LogP) is -0.831. The second-order valence-corrected chi connectivity index (χ2v) is 10.4. The van der Waals surface area contributed by atoms with Crippen molar-refractivity contribution < 1.29 is 33.2 Å². The molecule has 0 aliphatic carbocycles. The van der Waals surface area contributed by atoms with Gasteiger partial charge >= 0.3 is 0 Å². The van der Waals surface area contributed by atoms with Crippen LogP contribution in [0.3, 0.4) is 0 Å². The standard InChI is InChI=1S/C26H39N7O7/c1-5-7-17-21(35)10-27-15(4)25-32-19(12-40-25)23(37)30-16(6-2)22(36)28-9-18(29-13-34)26(39)33-11-14(3)8-20(33)24(38)31-17/h12-18,20,27H,5-11H2,1-4H3,(H,28,36)(H,29,34)(H,30,37)(H,31,38)/t14-,15-,16?,17-,18?,20-/m0/s1. The quantitative estimate of drug-likeness (QED) is 0.285. The molecule has 14 nitrogen and oxygen atoms in total. The molecule has 2 bridgehead atoms. The van der Waals surface area contributed by atoms with Crippen molar-refractivity contribution in [2.75, 3.05) is 19.6 Å². The monoisotopic (exact) mass is 561 g/mol. The van der Waals surface area contributed by atoms with Crippen LogP contribution in [0.25, 0.3) is 0 Å². The van der Waals surface area contributed by atoms with Crippen LogP contribution >= 0.6 is 0 Å². The van der Waals surface area contributed by atoms with Crippen LogP contribution in [0.15, 0.2) is 10.7 Å². The van der Waals surface area contributed by atoms with Crippen LogP contribution in [-0.4, -0.2) is 89.5 Å². The molecule has 2 aliphatic heterocycles. The van der Waals surface area contributed by atoms with Crippen LogP contribution in [0.1, 0.15) is 75.8 Å². The highest BCUT2D eigenvalue weighted by molar-refractivity contribution is 5.97. The lowest BCUT2D eigenvalue weighted by Crippen LogP contribution is -2.58. The first-order chi connectivity index (χ1) is 19.1. The Hall–Kier alpha value is -3.81. The minimum atomic E-state index is -1.14. The van der Waals surface area contributed by atoms with E-state index in [4.69, 9.17) is 4.42 Å². The molecule has 14 heteroatoms. The van der Waals surface area contributed by atoms with Gasteiger partial charge in [0.2, 0.25) is 30.0 Å². The lowest BCUT2D eigenvalue weighted by molar-refractivity contribution is -0.141. The Bertz CT molecular complexity index is 1110. The summed E-state index contributed by atoms with van der Waals surface area (Å²) < 4.78 is 5.43. The SMILES string of the molecule is CCC[C@@H]1NC(=O)[C@@H]2C[C@H](C)CN2C(=O)C(NC=O)CNC(=O)C(CC)NC(=O)c2coc(n2)[C@H](C)NCC1=O. The van der Waals surface area contributed by atoms with Gasteiger partial charge in [0, 0.05) is 13.1 Å². The zero-order valence-corrected chi connectivity index (χ0v) is 23.3. The Balaban J connectivity index is 1.92. The van der Waals surface area contributed by atoms with Crippen molar-refractivity contribution in [3.05, 3.63) is 17.8 Å². The van der Waals surface area contributed by atoms with Crippen LogP contribution in [0, 0.1) is 5.92 Å². The lowest BCUT2D eigenvalue weighted by Gasteiger charge is -2.29. The maximum absolute atomic E-state index is 13.5. The molecule has 2 aliphatic rings. The van der Waals surface area contributed by atoms with Gasteiger partial charge < -0.3 is 30.6 Å². The number of amides is 5. The van der Waals surface area contributed by atoms with Crippen LogP contribution in [0.5, 0.6) is 0 Å². The van der Waals surface area contributed by atoms with Crippen molar-refractivity contribution in [1.82, 2.24) is 36.5 Å². The van der Waals surface area contributed by atoms with Gasteiger partial charge in [-0.1, -0.05) is 27.2 Å². The summed E-state index contributed by atoms with van der Waals surface area (Å²) in [4.78, 5) is 82.5. The first kappa shape index (κ1) is 30.7. The van der Waals surface area contributed by atoms with E-state index in [2.05, 4.69) is 31.6 Å². The molecule has 0 spiro atoms. The van der Waals surface area contributed by atoms with Gasteiger partial charge in [0.25, 0.3) is 5.91 Å². The molecule has 5 amide bonds. The number of hydrogen-bond acceptors (Lipinski definition) is 9. The van der Waals surface area contributed by atoms with Crippen LogP contribution in [0.2, 0.25) is 0 Å². The molecule has 1 saturated heterocycles. The Labute approximate surface area is 232 Å². The highest BCUT2D eigenvalue weighted by atomic mass is 16.3. The van der Waals surface area contributed by atoms with Gasteiger partial charge in [-0.15, -0.1) is 0 Å². The van der Waals surface area contributed by atoms with Gasteiger partial charge in [0.1, 0.15) is 24.4 Å². The largest absolute Gasteiger partial charge is 0.446 e. The van der Waals surface area contributed by atoms with Crippen molar-refractivity contribution in [2.24, 2.45) is 5.92 Å². The van der Waals surface area contributed by atoms with Gasteiger partial charge in [0.05, 0.1) is 18.6 Å². The van der Waals surface area contributed by atoms with E-state index in [1.165, 1.54) is 4.90 Å². The molecule has 0 aromatic carbocycles. The summed E-state index contributed by atoms with van der Waals surface area (Å²) in [7, 11) is 0. The minimum Gasteiger partial charge on any atom is -0.446 e. The van der Waals surface area contributed by atoms with Crippen molar-refractivity contribution in [2.45, 2.75) is 83.6 Å². The molecule has 220 valence electrons. The fourth-order valence-electron chi connectivity index (χ4n) is 4.87. The lowest BCUT2D eigenvalue weighted by atomic mass is 10.0. The Morgan fingerprint density at radius 2 is 1.85 bits per heavy atom. The Morgan fingerprint density at radius 1 is 1.10 bits per heavy atom. The zero-order chi connectivity index (χ0) is 29.4. The van der Waals surface area contributed by atoms with Gasteiger partial charge in [0.15, 0.2) is 11.5 Å². The molecule has 6 atom stereocenters. The number of oxazole rings is 1. The summed E-state index contributed by atoms with van der Waals surface area (Å²) in [5.74, 6) is -2.25. The maximum Gasteiger partial charge on any atom is 0.273 e. The molecule has 1 aromatic heterocycles. The van der Waals surface area contributed by atoms with E-state index in [0.717, 1.165) is 6.26 Å². The van der Waals surface area contributed by atoms with Gasteiger partial charge in [-0.05, 0) is 32.1 Å². The summed E-state index contributed by atoms with van der Waals surface area (Å²) >= 11 is 0. The third-order valence-corrected chi connectivity index (χ3v) is 7.16. The smallest absolute Gasteiger partial charge is 0.273 e. The van der Waals surface area contributed by atoms with E-state index >= 15 is 0 Å². The van der Waals surface area contributed by atoms with Gasteiger partial charge in [-0.25, -0.2) is 4.98 Å². The Kier molecular flexibility index (Phi) is 10.8. The Morgan fingerprint density at radius 3 is 2.52 bits per heavy atom. The number of nitrogens with zero attached hydrogens (tertiary/aromatic N) is 2. The van der Waals surface area contributed by atoms with Crippen molar-refractivity contribution >= 4 is 35.8 Å². The molecule has 1 aromatic rings. The molecule has 5 N–H and O–H groups in total. The van der Waals surface area contributed by atoms with Gasteiger partial charge in [-0.3, -0.25) is 34.1 Å². The van der Waals surface area contributed by atoms with E-state index < -0.39 is 53.8 Å². The molecule has 2 unspecified atom stereocenters. The number of carbonyl (C=O) groups excluding carboxylic acids is 6. The van der Waals surface area contributed by atoms with E-state index in [1.807, 2.05) is 13.8 Å². The molecule has 3 rings (SSSR count). The topological polar surface area (TPSA) is 192 Å². The number of ketones is 1.